The zero-order valence-electron chi connectivity index (χ0n) is 22.3. The number of benzene rings is 1. The molecule has 2 fully saturated rings. The number of aliphatic hydroxyl groups excluding tert-OH is 2. The lowest BCUT2D eigenvalue weighted by Crippen LogP contribution is -2.43. The van der Waals surface area contributed by atoms with Crippen LogP contribution in [0.4, 0.5) is 17.6 Å². The molecule has 0 radical (unpaired) electrons. The van der Waals surface area contributed by atoms with Crippen LogP contribution < -0.4 is 14.7 Å². The Morgan fingerprint density at radius 3 is 2.32 bits per heavy atom. The molecule has 0 bridgehead atoms. The number of aliphatic hydroxyl groups is 2. The Balaban J connectivity index is 1.72. The predicted molar refractivity (Wildman–Crippen MR) is 147 cm³/mol. The molecule has 2 aliphatic heterocycles. The van der Waals surface area contributed by atoms with E-state index in [4.69, 9.17) is 29.4 Å². The van der Waals surface area contributed by atoms with Crippen molar-refractivity contribution in [1.29, 1.82) is 0 Å². The molecule has 3 aromatic rings. The summed E-state index contributed by atoms with van der Waals surface area (Å²) in [6, 6.07) is 9.99. The van der Waals surface area contributed by atoms with E-state index in [0.29, 0.717) is 68.9 Å². The van der Waals surface area contributed by atoms with Crippen LogP contribution in [0.1, 0.15) is 20.8 Å². The molecule has 11 nitrogen and oxygen atoms in total. The average molecular weight is 524 g/mol. The molecule has 11 heteroatoms. The highest BCUT2D eigenvalue weighted by Gasteiger charge is 2.28. The van der Waals surface area contributed by atoms with E-state index in [0.717, 1.165) is 17.1 Å². The van der Waals surface area contributed by atoms with Gasteiger partial charge in [0.05, 0.1) is 38.1 Å². The zero-order valence-corrected chi connectivity index (χ0v) is 22.3. The van der Waals surface area contributed by atoms with E-state index in [-0.39, 0.29) is 25.4 Å². The Morgan fingerprint density at radius 1 is 0.974 bits per heavy atom. The second kappa shape index (κ2) is 11.7. The van der Waals surface area contributed by atoms with Crippen LogP contribution in [0.5, 0.6) is 0 Å². The maximum Gasteiger partial charge on any atom is 0.229 e. The molecule has 2 aliphatic rings. The van der Waals surface area contributed by atoms with Crippen LogP contribution in [0.2, 0.25) is 0 Å². The van der Waals surface area contributed by atoms with E-state index >= 15 is 0 Å². The predicted octanol–water partition coefficient (Wildman–Crippen LogP) is 1.72. The quantitative estimate of drug-likeness (QED) is 0.449. The van der Waals surface area contributed by atoms with Gasteiger partial charge >= 0.3 is 0 Å². The highest BCUT2D eigenvalue weighted by molar-refractivity contribution is 5.89. The van der Waals surface area contributed by atoms with Crippen molar-refractivity contribution in [3.05, 3.63) is 30.3 Å². The minimum absolute atomic E-state index is 0.0504. The van der Waals surface area contributed by atoms with Gasteiger partial charge in [-0.25, -0.2) is 9.97 Å². The molecule has 0 saturated carbocycles. The van der Waals surface area contributed by atoms with Crippen LogP contribution in [0.15, 0.2) is 30.3 Å². The molecule has 5 rings (SSSR count). The third kappa shape index (κ3) is 5.80. The van der Waals surface area contributed by atoms with Gasteiger partial charge < -0.3 is 34.4 Å². The molecule has 1 aromatic carbocycles. The molecule has 3 atom stereocenters. The minimum Gasteiger partial charge on any atom is -0.395 e. The van der Waals surface area contributed by atoms with Gasteiger partial charge in [-0.15, -0.1) is 0 Å². The summed E-state index contributed by atoms with van der Waals surface area (Å²) in [5, 5.41) is 20.1. The number of nitrogens with zero attached hydrogens (tertiary/aromatic N) is 7. The summed E-state index contributed by atoms with van der Waals surface area (Å²) >= 11 is 0. The SMILES string of the molecule is CC(O)CN(CCO)c1nc(N2CCOC(C)C2)nc2nc(N3CCOC(C)C3)c(-c3ccccc3)nc12. The summed E-state index contributed by atoms with van der Waals surface area (Å²) in [5.41, 5.74) is 2.70. The Kier molecular flexibility index (Phi) is 8.18. The van der Waals surface area contributed by atoms with E-state index in [1.807, 2.05) is 42.2 Å². The van der Waals surface area contributed by atoms with Crippen molar-refractivity contribution in [2.45, 2.75) is 39.1 Å². The van der Waals surface area contributed by atoms with Crippen LogP contribution >= 0.6 is 0 Å². The second-order valence-electron chi connectivity index (χ2n) is 10.1. The summed E-state index contributed by atoms with van der Waals surface area (Å²) in [6.45, 7) is 10.2. The standard InChI is InChI=1S/C27H37N7O4/c1-18(36)15-32(9-12-35)26-23-24(30-27(31-26)34-11-14-38-20(3)17-34)29-25(33-10-13-37-19(2)16-33)22(28-23)21-7-5-4-6-8-21/h4-8,18-20,35-36H,9-17H2,1-3H3. The summed E-state index contributed by atoms with van der Waals surface area (Å²) in [5.74, 6) is 1.85. The normalized spacial score (nSPS) is 21.1. The highest BCUT2D eigenvalue weighted by Crippen LogP contribution is 2.34. The number of anilines is 3. The van der Waals surface area contributed by atoms with Crippen molar-refractivity contribution in [3.8, 4) is 11.3 Å². The van der Waals surface area contributed by atoms with E-state index in [2.05, 4.69) is 16.7 Å². The number of fused-ring (bicyclic) bond motifs is 1. The molecule has 0 amide bonds. The van der Waals surface area contributed by atoms with Crippen LogP contribution in [-0.2, 0) is 9.47 Å². The number of hydrogen-bond donors (Lipinski definition) is 2. The molecular weight excluding hydrogens is 486 g/mol. The van der Waals surface area contributed by atoms with Gasteiger partial charge in [-0.2, -0.15) is 9.97 Å². The van der Waals surface area contributed by atoms with Crippen LogP contribution in [-0.4, -0.2) is 108 Å². The van der Waals surface area contributed by atoms with Crippen LogP contribution in [0.3, 0.4) is 0 Å². The maximum absolute atomic E-state index is 10.3. The number of aromatic nitrogens is 4. The molecule has 0 spiro atoms. The molecule has 38 heavy (non-hydrogen) atoms. The van der Waals surface area contributed by atoms with Crippen LogP contribution in [0.25, 0.3) is 22.4 Å². The van der Waals surface area contributed by atoms with Gasteiger partial charge in [0.15, 0.2) is 22.8 Å². The number of rotatable bonds is 8. The van der Waals surface area contributed by atoms with Crippen molar-refractivity contribution >= 4 is 28.7 Å². The number of morpholine rings is 2. The fourth-order valence-electron chi connectivity index (χ4n) is 5.02. The van der Waals surface area contributed by atoms with Gasteiger partial charge in [0, 0.05) is 44.8 Å². The van der Waals surface area contributed by atoms with E-state index < -0.39 is 6.10 Å². The third-order valence-electron chi connectivity index (χ3n) is 6.75. The molecule has 4 heterocycles. The first-order valence-electron chi connectivity index (χ1n) is 13.3. The lowest BCUT2D eigenvalue weighted by Gasteiger charge is -2.34. The lowest BCUT2D eigenvalue weighted by molar-refractivity contribution is 0.0526. The highest BCUT2D eigenvalue weighted by atomic mass is 16.5. The first-order valence-corrected chi connectivity index (χ1v) is 13.3. The van der Waals surface area contributed by atoms with Crippen molar-refractivity contribution < 1.29 is 19.7 Å². The fraction of sp³-hybridized carbons (Fsp3) is 0.556. The molecule has 204 valence electrons. The molecule has 0 aliphatic carbocycles. The first-order chi connectivity index (χ1) is 18.4. The molecule has 3 unspecified atom stereocenters. The maximum atomic E-state index is 10.3. The van der Waals surface area contributed by atoms with Gasteiger partial charge in [0.1, 0.15) is 5.69 Å². The van der Waals surface area contributed by atoms with Gasteiger partial charge in [-0.05, 0) is 20.8 Å². The minimum atomic E-state index is -0.630. The zero-order chi connectivity index (χ0) is 26.6. The summed E-state index contributed by atoms with van der Waals surface area (Å²) in [4.78, 5) is 26.3. The summed E-state index contributed by atoms with van der Waals surface area (Å²) in [6.07, 6.45) is -0.508. The van der Waals surface area contributed by atoms with E-state index in [1.165, 1.54) is 0 Å². The first kappa shape index (κ1) is 26.5. The molecule has 2 saturated heterocycles. The Hall–Kier alpha value is -3.12. The molecule has 2 aromatic heterocycles. The van der Waals surface area contributed by atoms with Gasteiger partial charge in [-0.1, -0.05) is 30.3 Å². The smallest absolute Gasteiger partial charge is 0.229 e. The van der Waals surface area contributed by atoms with E-state index in [1.54, 1.807) is 6.92 Å². The monoisotopic (exact) mass is 523 g/mol. The third-order valence-corrected chi connectivity index (χ3v) is 6.75. The number of ether oxygens (including phenoxy) is 2. The fourth-order valence-corrected chi connectivity index (χ4v) is 5.02. The Morgan fingerprint density at radius 2 is 1.66 bits per heavy atom. The second-order valence-corrected chi connectivity index (χ2v) is 10.1. The summed E-state index contributed by atoms with van der Waals surface area (Å²) < 4.78 is 11.5. The van der Waals surface area contributed by atoms with Crippen LogP contribution in [0, 0.1) is 0 Å². The lowest BCUT2D eigenvalue weighted by atomic mass is 10.1. The Labute approximate surface area is 223 Å². The number of hydrogen-bond acceptors (Lipinski definition) is 11. The molecule has 2 N–H and O–H groups in total. The Bertz CT molecular complexity index is 1230. The van der Waals surface area contributed by atoms with Crippen molar-refractivity contribution in [2.75, 3.05) is 73.8 Å². The van der Waals surface area contributed by atoms with Gasteiger partial charge in [0.25, 0.3) is 0 Å². The van der Waals surface area contributed by atoms with Crippen molar-refractivity contribution in [2.24, 2.45) is 0 Å². The van der Waals surface area contributed by atoms with Gasteiger partial charge in [-0.3, -0.25) is 0 Å². The average Bonchev–Trinajstić information content (AvgIpc) is 2.92. The molecular formula is C27H37N7O4. The van der Waals surface area contributed by atoms with Crippen molar-refractivity contribution in [3.63, 3.8) is 0 Å². The van der Waals surface area contributed by atoms with Crippen molar-refractivity contribution in [1.82, 2.24) is 19.9 Å². The van der Waals surface area contributed by atoms with Gasteiger partial charge in [0.2, 0.25) is 5.95 Å². The topological polar surface area (TPSA) is 120 Å². The van der Waals surface area contributed by atoms with E-state index in [9.17, 15) is 10.2 Å². The largest absolute Gasteiger partial charge is 0.395 e. The summed E-state index contributed by atoms with van der Waals surface area (Å²) in [7, 11) is 0.